The smallest absolute Gasteiger partial charge is 0.141 e. The van der Waals surface area contributed by atoms with Crippen molar-refractivity contribution in [3.05, 3.63) is 27.1 Å². The van der Waals surface area contributed by atoms with Crippen molar-refractivity contribution in [3.8, 4) is 5.75 Å². The lowest BCUT2D eigenvalue weighted by Gasteiger charge is -2.19. The molecule has 2 aromatic rings. The van der Waals surface area contributed by atoms with E-state index in [1.54, 1.807) is 24.3 Å². The summed E-state index contributed by atoms with van der Waals surface area (Å²) in [4.78, 5) is 12.2. The monoisotopic (exact) mass is 359 g/mol. The van der Waals surface area contributed by atoms with Gasteiger partial charge in [-0.3, -0.25) is 0 Å². The van der Waals surface area contributed by atoms with Crippen molar-refractivity contribution in [2.24, 2.45) is 0 Å². The Morgan fingerprint density at radius 3 is 2.64 bits per heavy atom. The summed E-state index contributed by atoms with van der Waals surface area (Å²) in [6.07, 6.45) is 2.49. The second-order valence-electron chi connectivity index (χ2n) is 5.07. The Morgan fingerprint density at radius 1 is 1.32 bits per heavy atom. The van der Waals surface area contributed by atoms with Gasteiger partial charge in [-0.25, -0.2) is 0 Å². The van der Waals surface area contributed by atoms with Crippen LogP contribution in [0.1, 0.15) is 38.0 Å². The molecule has 0 bridgehead atoms. The van der Waals surface area contributed by atoms with E-state index < -0.39 is 12.1 Å². The molecule has 0 aliphatic carbocycles. The Bertz CT molecular complexity index is 682. The molecule has 0 aliphatic heterocycles. The van der Waals surface area contributed by atoms with Crippen LogP contribution >= 0.6 is 34.5 Å². The summed E-state index contributed by atoms with van der Waals surface area (Å²) in [7, 11) is 0. The number of ether oxygens (including phenoxy) is 1. The molecule has 0 saturated carbocycles. The quantitative estimate of drug-likeness (QED) is 0.733. The molecule has 1 heterocycles. The topological polar surface area (TPSA) is 49.4 Å². The van der Waals surface area contributed by atoms with Gasteiger partial charge in [0, 0.05) is 4.88 Å². The van der Waals surface area contributed by atoms with Gasteiger partial charge in [0.2, 0.25) is 0 Å². The SMILES string of the molecule is CCCCc1cc2cc(OC(CC)C(=O)[O-])c(Cl)c(Cl)c2s1. The summed E-state index contributed by atoms with van der Waals surface area (Å²) in [5, 5.41) is 12.6. The van der Waals surface area contributed by atoms with Gasteiger partial charge in [0.1, 0.15) is 16.9 Å². The van der Waals surface area contributed by atoms with E-state index in [1.165, 1.54) is 4.88 Å². The first-order valence-electron chi connectivity index (χ1n) is 7.25. The molecule has 1 aromatic carbocycles. The maximum absolute atomic E-state index is 11.0. The average molecular weight is 360 g/mol. The summed E-state index contributed by atoms with van der Waals surface area (Å²) in [6, 6.07) is 3.81. The van der Waals surface area contributed by atoms with Crippen molar-refractivity contribution in [3.63, 3.8) is 0 Å². The lowest BCUT2D eigenvalue weighted by molar-refractivity contribution is -0.313. The highest BCUT2D eigenvalue weighted by atomic mass is 35.5. The number of aryl methyl sites for hydroxylation is 1. The van der Waals surface area contributed by atoms with E-state index in [0.29, 0.717) is 11.4 Å². The molecule has 0 saturated heterocycles. The number of benzene rings is 1. The van der Waals surface area contributed by atoms with Gasteiger partial charge < -0.3 is 14.6 Å². The number of hydrogen-bond acceptors (Lipinski definition) is 4. The van der Waals surface area contributed by atoms with Gasteiger partial charge in [-0.05, 0) is 36.8 Å². The summed E-state index contributed by atoms with van der Waals surface area (Å²) in [5.74, 6) is -0.973. The van der Waals surface area contributed by atoms with Crippen LogP contribution in [0.3, 0.4) is 0 Å². The number of unbranched alkanes of at least 4 members (excludes halogenated alkanes) is 1. The van der Waals surface area contributed by atoms with Crippen LogP contribution in [0.5, 0.6) is 5.75 Å². The fourth-order valence-electron chi connectivity index (χ4n) is 2.16. The fourth-order valence-corrected chi connectivity index (χ4v) is 3.85. The number of fused-ring (bicyclic) bond motifs is 1. The third-order valence-electron chi connectivity index (χ3n) is 3.39. The third-order valence-corrected chi connectivity index (χ3v) is 5.58. The molecule has 120 valence electrons. The molecule has 0 spiro atoms. The Balaban J connectivity index is 2.39. The number of carboxylic acid groups (broad SMARTS) is 1. The Hall–Kier alpha value is -0.970. The average Bonchev–Trinajstić information content (AvgIpc) is 2.90. The lowest BCUT2D eigenvalue weighted by atomic mass is 10.2. The minimum Gasteiger partial charge on any atom is -0.546 e. The van der Waals surface area contributed by atoms with Gasteiger partial charge in [0.25, 0.3) is 0 Å². The molecule has 6 heteroatoms. The number of hydrogen-bond donors (Lipinski definition) is 0. The third kappa shape index (κ3) is 3.67. The van der Waals surface area contributed by atoms with Crippen molar-refractivity contribution in [1.82, 2.24) is 0 Å². The molecule has 0 N–H and O–H groups in total. The van der Waals surface area contributed by atoms with E-state index in [-0.39, 0.29) is 10.8 Å². The molecular formula is C16H17Cl2O3S-. The number of rotatable bonds is 7. The predicted octanol–water partition coefficient (Wildman–Crippen LogP) is 4.46. The molecule has 2 rings (SSSR count). The van der Waals surface area contributed by atoms with Crippen molar-refractivity contribution < 1.29 is 14.6 Å². The summed E-state index contributed by atoms with van der Waals surface area (Å²) >= 11 is 14.2. The van der Waals surface area contributed by atoms with Crippen LogP contribution in [0.15, 0.2) is 12.1 Å². The van der Waals surface area contributed by atoms with Gasteiger partial charge in [-0.2, -0.15) is 0 Å². The maximum Gasteiger partial charge on any atom is 0.141 e. The van der Waals surface area contributed by atoms with Crippen LogP contribution in [0.25, 0.3) is 10.1 Å². The van der Waals surface area contributed by atoms with E-state index in [0.717, 1.165) is 29.3 Å². The second-order valence-corrected chi connectivity index (χ2v) is 6.96. The molecule has 1 unspecified atom stereocenters. The number of carboxylic acids is 1. The van der Waals surface area contributed by atoms with E-state index >= 15 is 0 Å². The molecule has 1 aromatic heterocycles. The number of carbonyl (C=O) groups is 1. The normalized spacial score (nSPS) is 12.5. The van der Waals surface area contributed by atoms with E-state index in [1.807, 2.05) is 0 Å². The van der Waals surface area contributed by atoms with Crippen molar-refractivity contribution >= 4 is 50.6 Å². The molecule has 0 radical (unpaired) electrons. The summed E-state index contributed by atoms with van der Waals surface area (Å²) < 4.78 is 6.37. The zero-order chi connectivity index (χ0) is 16.3. The van der Waals surface area contributed by atoms with E-state index in [9.17, 15) is 9.90 Å². The van der Waals surface area contributed by atoms with Gasteiger partial charge >= 0.3 is 0 Å². The van der Waals surface area contributed by atoms with E-state index in [4.69, 9.17) is 27.9 Å². The van der Waals surface area contributed by atoms with Gasteiger partial charge in [0.15, 0.2) is 0 Å². The zero-order valence-electron chi connectivity index (χ0n) is 12.4. The predicted molar refractivity (Wildman–Crippen MR) is 90.2 cm³/mol. The van der Waals surface area contributed by atoms with Crippen molar-refractivity contribution in [1.29, 1.82) is 0 Å². The molecule has 3 nitrogen and oxygen atoms in total. The van der Waals surface area contributed by atoms with Crippen LogP contribution in [0, 0.1) is 0 Å². The van der Waals surface area contributed by atoms with Gasteiger partial charge in [0.05, 0.1) is 15.7 Å². The zero-order valence-corrected chi connectivity index (χ0v) is 14.8. The standard InChI is InChI=1S/C16H18Cl2O3S/c1-3-5-6-10-7-9-8-12(21-11(4-2)16(19)20)13(17)14(18)15(9)22-10/h7-8,11H,3-6H2,1-2H3,(H,19,20)/p-1. The van der Waals surface area contributed by atoms with Crippen LogP contribution in [0.2, 0.25) is 10.0 Å². The highest BCUT2D eigenvalue weighted by molar-refractivity contribution is 7.19. The van der Waals surface area contributed by atoms with Crippen LogP contribution < -0.4 is 9.84 Å². The Morgan fingerprint density at radius 2 is 2.05 bits per heavy atom. The molecular weight excluding hydrogens is 343 g/mol. The van der Waals surface area contributed by atoms with Crippen LogP contribution in [-0.2, 0) is 11.2 Å². The van der Waals surface area contributed by atoms with Crippen molar-refractivity contribution in [2.75, 3.05) is 0 Å². The summed E-state index contributed by atoms with van der Waals surface area (Å²) in [6.45, 7) is 3.86. The highest BCUT2D eigenvalue weighted by Gasteiger charge is 2.17. The fraction of sp³-hybridized carbons (Fsp3) is 0.438. The largest absolute Gasteiger partial charge is 0.546 e. The lowest BCUT2D eigenvalue weighted by Crippen LogP contribution is -2.39. The first kappa shape index (κ1) is 17.4. The Labute approximate surface area is 143 Å². The minimum atomic E-state index is -1.26. The number of halogens is 2. The molecule has 0 aliphatic rings. The maximum atomic E-state index is 11.0. The number of aliphatic carboxylic acids is 1. The Kier molecular flexibility index (Phi) is 5.95. The van der Waals surface area contributed by atoms with Crippen LogP contribution in [-0.4, -0.2) is 12.1 Å². The van der Waals surface area contributed by atoms with Gasteiger partial charge in [-0.1, -0.05) is 43.5 Å². The van der Waals surface area contributed by atoms with Crippen LogP contribution in [0.4, 0.5) is 0 Å². The highest BCUT2D eigenvalue weighted by Crippen LogP contribution is 2.43. The first-order valence-corrected chi connectivity index (χ1v) is 8.83. The number of thiophene rings is 1. The van der Waals surface area contributed by atoms with E-state index in [2.05, 4.69) is 13.0 Å². The van der Waals surface area contributed by atoms with Gasteiger partial charge in [-0.15, -0.1) is 11.3 Å². The number of carbonyl (C=O) groups excluding carboxylic acids is 1. The summed E-state index contributed by atoms with van der Waals surface area (Å²) in [5.41, 5.74) is 0. The molecule has 22 heavy (non-hydrogen) atoms. The molecule has 0 amide bonds. The second kappa shape index (κ2) is 7.53. The molecule has 1 atom stereocenters. The minimum absolute atomic E-state index is 0.248. The van der Waals surface area contributed by atoms with Crippen molar-refractivity contribution in [2.45, 2.75) is 45.6 Å². The molecule has 0 fully saturated rings. The first-order chi connectivity index (χ1) is 10.5.